The summed E-state index contributed by atoms with van der Waals surface area (Å²) in [4.78, 5) is 46.7. The second-order valence-corrected chi connectivity index (χ2v) is 7.36. The summed E-state index contributed by atoms with van der Waals surface area (Å²) in [6, 6.07) is 9.37. The summed E-state index contributed by atoms with van der Waals surface area (Å²) in [5.41, 5.74) is 0.895. The number of hydrogen-bond donors (Lipinski definition) is 0. The molecule has 1 fully saturated rings. The smallest absolute Gasteiger partial charge is 0.303 e. The third kappa shape index (κ3) is 7.67. The number of ether oxygens (including phenoxy) is 5. The van der Waals surface area contributed by atoms with Gasteiger partial charge in [-0.25, -0.2) is 0 Å². The molecule has 170 valence electrons. The van der Waals surface area contributed by atoms with Crippen LogP contribution in [-0.2, 0) is 49.5 Å². The summed E-state index contributed by atoms with van der Waals surface area (Å²) >= 11 is 0. The van der Waals surface area contributed by atoms with Crippen LogP contribution in [0.2, 0.25) is 0 Å². The topological polar surface area (TPSA) is 114 Å². The molecular weight excluding hydrogens is 408 g/mol. The first-order chi connectivity index (χ1) is 14.7. The van der Waals surface area contributed by atoms with Crippen molar-refractivity contribution in [3.05, 3.63) is 35.9 Å². The summed E-state index contributed by atoms with van der Waals surface area (Å²) in [5.74, 6) is -2.90. The van der Waals surface area contributed by atoms with E-state index in [-0.39, 0.29) is 19.6 Å². The third-order valence-corrected chi connectivity index (χ3v) is 4.73. The van der Waals surface area contributed by atoms with Crippen LogP contribution in [0.4, 0.5) is 0 Å². The van der Waals surface area contributed by atoms with E-state index >= 15 is 0 Å². The van der Waals surface area contributed by atoms with Gasteiger partial charge in [0.1, 0.15) is 6.10 Å². The molecule has 0 bridgehead atoms. The SMILES string of the molecule is CC(=O)OC[C@@H]1C[C@H](OCc2ccccc2)[C@@H](OC(C)=O)[C@@H](OC(C)=O)[C@@H]1OC(C)=O. The van der Waals surface area contributed by atoms with E-state index in [1.807, 2.05) is 30.3 Å². The molecule has 0 saturated heterocycles. The van der Waals surface area contributed by atoms with E-state index in [4.69, 9.17) is 23.7 Å². The van der Waals surface area contributed by atoms with Crippen molar-refractivity contribution >= 4 is 23.9 Å². The molecule has 0 heterocycles. The lowest BCUT2D eigenvalue weighted by Crippen LogP contribution is -2.59. The fraction of sp³-hybridized carbons (Fsp3) is 0.545. The number of hydrogen-bond acceptors (Lipinski definition) is 9. The van der Waals surface area contributed by atoms with E-state index in [0.29, 0.717) is 0 Å². The molecule has 0 aliphatic heterocycles. The maximum Gasteiger partial charge on any atom is 0.303 e. The first kappa shape index (κ1) is 24.3. The zero-order valence-corrected chi connectivity index (χ0v) is 18.1. The van der Waals surface area contributed by atoms with Crippen molar-refractivity contribution in [3.8, 4) is 0 Å². The van der Waals surface area contributed by atoms with Gasteiger partial charge in [0, 0.05) is 33.6 Å². The summed E-state index contributed by atoms with van der Waals surface area (Å²) < 4.78 is 27.5. The molecule has 0 spiro atoms. The van der Waals surface area contributed by atoms with Gasteiger partial charge in [0.25, 0.3) is 0 Å². The van der Waals surface area contributed by atoms with Gasteiger partial charge in [-0.3, -0.25) is 19.2 Å². The van der Waals surface area contributed by atoms with Crippen molar-refractivity contribution in [1.29, 1.82) is 0 Å². The lowest BCUT2D eigenvalue weighted by molar-refractivity contribution is -0.223. The van der Waals surface area contributed by atoms with E-state index < -0.39 is 54.2 Å². The summed E-state index contributed by atoms with van der Waals surface area (Å²) in [7, 11) is 0. The van der Waals surface area contributed by atoms with Crippen molar-refractivity contribution < 1.29 is 42.9 Å². The van der Waals surface area contributed by atoms with Crippen LogP contribution in [-0.4, -0.2) is 54.9 Å². The fourth-order valence-corrected chi connectivity index (χ4v) is 3.58. The minimum atomic E-state index is -1.12. The number of rotatable bonds is 8. The quantitative estimate of drug-likeness (QED) is 0.445. The Hall–Kier alpha value is -2.94. The Morgan fingerprint density at radius 1 is 0.774 bits per heavy atom. The Labute approximate surface area is 180 Å². The molecule has 0 unspecified atom stereocenters. The molecule has 9 heteroatoms. The lowest BCUT2D eigenvalue weighted by Gasteiger charge is -2.44. The van der Waals surface area contributed by atoms with Gasteiger partial charge in [-0.1, -0.05) is 30.3 Å². The maximum atomic E-state index is 11.8. The molecule has 1 aliphatic rings. The molecule has 2 rings (SSSR count). The van der Waals surface area contributed by atoms with Crippen LogP contribution in [0.1, 0.15) is 39.7 Å². The van der Waals surface area contributed by atoms with Crippen LogP contribution in [0, 0.1) is 5.92 Å². The predicted molar refractivity (Wildman–Crippen MR) is 106 cm³/mol. The van der Waals surface area contributed by atoms with E-state index in [1.54, 1.807) is 0 Å². The molecule has 31 heavy (non-hydrogen) atoms. The highest BCUT2D eigenvalue weighted by atomic mass is 16.6. The van der Waals surface area contributed by atoms with Crippen molar-refractivity contribution in [2.24, 2.45) is 5.92 Å². The highest BCUT2D eigenvalue weighted by Gasteiger charge is 2.51. The van der Waals surface area contributed by atoms with E-state index in [0.717, 1.165) is 5.56 Å². The number of carbonyl (C=O) groups is 4. The van der Waals surface area contributed by atoms with Crippen molar-refractivity contribution in [2.75, 3.05) is 6.61 Å². The van der Waals surface area contributed by atoms with Gasteiger partial charge in [-0.15, -0.1) is 0 Å². The lowest BCUT2D eigenvalue weighted by atomic mass is 9.80. The van der Waals surface area contributed by atoms with Crippen molar-refractivity contribution in [3.63, 3.8) is 0 Å². The Morgan fingerprint density at radius 3 is 1.87 bits per heavy atom. The standard InChI is InChI=1S/C22H28O9/c1-13(23)27-12-18-10-19(28-11-17-8-6-5-7-9-17)21(30-15(3)25)22(31-16(4)26)20(18)29-14(2)24/h5-9,18-22H,10-12H2,1-4H3/t18-,19-,20+,21+,22-/m0/s1. The number of carbonyl (C=O) groups excluding carboxylic acids is 4. The number of esters is 4. The Balaban J connectivity index is 2.35. The van der Waals surface area contributed by atoms with Gasteiger partial charge in [0.15, 0.2) is 12.2 Å². The third-order valence-electron chi connectivity index (χ3n) is 4.73. The molecule has 0 radical (unpaired) electrons. The monoisotopic (exact) mass is 436 g/mol. The van der Waals surface area contributed by atoms with Gasteiger partial charge >= 0.3 is 23.9 Å². The minimum Gasteiger partial charge on any atom is -0.465 e. The van der Waals surface area contributed by atoms with Crippen LogP contribution in [0.25, 0.3) is 0 Å². The molecule has 1 aromatic rings. The summed E-state index contributed by atoms with van der Waals surface area (Å²) in [6.07, 6.45) is -3.57. The first-order valence-electron chi connectivity index (χ1n) is 9.98. The maximum absolute atomic E-state index is 11.8. The van der Waals surface area contributed by atoms with Gasteiger partial charge in [-0.05, 0) is 12.0 Å². The highest BCUT2D eigenvalue weighted by Crippen LogP contribution is 2.35. The Kier molecular flexibility index (Phi) is 8.99. The molecule has 1 saturated carbocycles. The largest absolute Gasteiger partial charge is 0.465 e. The van der Waals surface area contributed by atoms with E-state index in [1.165, 1.54) is 27.7 Å². The van der Waals surface area contributed by atoms with Crippen LogP contribution in [0.3, 0.4) is 0 Å². The van der Waals surface area contributed by atoms with Gasteiger partial charge < -0.3 is 23.7 Å². The van der Waals surface area contributed by atoms with Crippen LogP contribution in [0.15, 0.2) is 30.3 Å². The van der Waals surface area contributed by atoms with Crippen LogP contribution < -0.4 is 0 Å². The highest BCUT2D eigenvalue weighted by molar-refractivity contribution is 5.68. The van der Waals surface area contributed by atoms with Crippen molar-refractivity contribution in [2.45, 2.75) is 65.1 Å². The molecule has 0 N–H and O–H groups in total. The van der Waals surface area contributed by atoms with Crippen LogP contribution >= 0.6 is 0 Å². The molecule has 0 aromatic heterocycles. The molecule has 9 nitrogen and oxygen atoms in total. The molecular formula is C22H28O9. The predicted octanol–water partition coefficient (Wildman–Crippen LogP) is 1.95. The second kappa shape index (κ2) is 11.5. The van der Waals surface area contributed by atoms with Gasteiger partial charge in [0.05, 0.1) is 19.3 Å². The Bertz CT molecular complexity index is 776. The molecule has 0 amide bonds. The normalized spacial score (nSPS) is 25.2. The summed E-state index contributed by atoms with van der Waals surface area (Å²) in [6.45, 7) is 5.04. The summed E-state index contributed by atoms with van der Waals surface area (Å²) in [5, 5.41) is 0. The Morgan fingerprint density at radius 2 is 1.32 bits per heavy atom. The van der Waals surface area contributed by atoms with Gasteiger partial charge in [0.2, 0.25) is 0 Å². The zero-order chi connectivity index (χ0) is 23.0. The first-order valence-corrected chi connectivity index (χ1v) is 9.98. The van der Waals surface area contributed by atoms with E-state index in [2.05, 4.69) is 0 Å². The molecule has 1 aromatic carbocycles. The number of benzene rings is 1. The van der Waals surface area contributed by atoms with E-state index in [9.17, 15) is 19.2 Å². The fourth-order valence-electron chi connectivity index (χ4n) is 3.58. The zero-order valence-electron chi connectivity index (χ0n) is 18.1. The average molecular weight is 436 g/mol. The van der Waals surface area contributed by atoms with Crippen molar-refractivity contribution in [1.82, 2.24) is 0 Å². The van der Waals surface area contributed by atoms with Crippen LogP contribution in [0.5, 0.6) is 0 Å². The molecule has 5 atom stereocenters. The average Bonchev–Trinajstić information content (AvgIpc) is 2.68. The van der Waals surface area contributed by atoms with Gasteiger partial charge in [-0.2, -0.15) is 0 Å². The second-order valence-electron chi connectivity index (χ2n) is 7.36. The molecule has 1 aliphatic carbocycles. The minimum absolute atomic E-state index is 0.0803.